The third-order valence-electron chi connectivity index (χ3n) is 5.22. The zero-order valence-corrected chi connectivity index (χ0v) is 16.7. The summed E-state index contributed by atoms with van der Waals surface area (Å²) in [5.41, 5.74) is 0.983. The number of carbonyl (C=O) groups is 3. The quantitative estimate of drug-likeness (QED) is 0.782. The average molecular weight is 413 g/mol. The molecule has 0 bridgehead atoms. The second kappa shape index (κ2) is 7.87. The van der Waals surface area contributed by atoms with Crippen LogP contribution >= 0.6 is 11.8 Å². The number of fused-ring (bicyclic) bond motifs is 2. The minimum Gasteiger partial charge on any atom is -0.327 e. The van der Waals surface area contributed by atoms with E-state index in [-0.39, 0.29) is 29.6 Å². The van der Waals surface area contributed by atoms with Crippen LogP contribution in [-0.4, -0.2) is 48.0 Å². The van der Waals surface area contributed by atoms with Gasteiger partial charge in [-0.2, -0.15) is 0 Å². The molecule has 2 aromatic rings. The summed E-state index contributed by atoms with van der Waals surface area (Å²) < 4.78 is 13.9. The van der Waals surface area contributed by atoms with Gasteiger partial charge in [0.1, 0.15) is 18.4 Å². The molecule has 6 nitrogen and oxygen atoms in total. The van der Waals surface area contributed by atoms with Crippen molar-refractivity contribution in [3.63, 3.8) is 0 Å². The topological polar surface area (TPSA) is 69.7 Å². The lowest BCUT2D eigenvalue weighted by molar-refractivity contribution is -0.124. The number of halogens is 1. The van der Waals surface area contributed by atoms with Crippen molar-refractivity contribution in [2.75, 3.05) is 29.6 Å². The molecule has 0 saturated carbocycles. The van der Waals surface area contributed by atoms with Crippen molar-refractivity contribution >= 4 is 40.9 Å². The van der Waals surface area contributed by atoms with Gasteiger partial charge in [-0.15, -0.1) is 11.8 Å². The summed E-state index contributed by atoms with van der Waals surface area (Å²) in [4.78, 5) is 42.5. The molecule has 8 heteroatoms. The van der Waals surface area contributed by atoms with E-state index in [1.54, 1.807) is 23.9 Å². The van der Waals surface area contributed by atoms with Crippen LogP contribution in [0.25, 0.3) is 0 Å². The summed E-state index contributed by atoms with van der Waals surface area (Å²) in [7, 11) is 0. The maximum absolute atomic E-state index is 13.9. The molecule has 1 atom stereocenters. The molecular formula is C21H20FN3O3S. The number of rotatable bonds is 4. The predicted octanol–water partition coefficient (Wildman–Crippen LogP) is 3.14. The normalized spacial score (nSPS) is 18.3. The van der Waals surface area contributed by atoms with Gasteiger partial charge in [-0.1, -0.05) is 0 Å². The lowest BCUT2D eigenvalue weighted by Gasteiger charge is -2.25. The van der Waals surface area contributed by atoms with Crippen molar-refractivity contribution in [1.29, 1.82) is 0 Å². The summed E-state index contributed by atoms with van der Waals surface area (Å²) in [5, 5.41) is 2.76. The van der Waals surface area contributed by atoms with Crippen LogP contribution < -0.4 is 10.2 Å². The van der Waals surface area contributed by atoms with Gasteiger partial charge in [-0.05, 0) is 61.6 Å². The molecule has 0 aliphatic carbocycles. The van der Waals surface area contributed by atoms with E-state index in [1.807, 2.05) is 18.4 Å². The Morgan fingerprint density at radius 3 is 2.69 bits per heavy atom. The van der Waals surface area contributed by atoms with E-state index in [2.05, 4.69) is 5.32 Å². The molecule has 2 aliphatic rings. The number of hydrogen-bond acceptors (Lipinski definition) is 4. The van der Waals surface area contributed by atoms with E-state index >= 15 is 0 Å². The Balaban J connectivity index is 1.62. The minimum absolute atomic E-state index is 0.141. The van der Waals surface area contributed by atoms with E-state index in [9.17, 15) is 18.8 Å². The summed E-state index contributed by atoms with van der Waals surface area (Å²) in [6, 6.07) is 10.4. The zero-order chi connectivity index (χ0) is 20.5. The van der Waals surface area contributed by atoms with Gasteiger partial charge in [0.15, 0.2) is 0 Å². The first kappa shape index (κ1) is 19.4. The van der Waals surface area contributed by atoms with Crippen molar-refractivity contribution in [2.45, 2.75) is 23.8 Å². The molecule has 150 valence electrons. The number of amides is 3. The number of thioether (sulfide) groups is 1. The third kappa shape index (κ3) is 3.72. The van der Waals surface area contributed by atoms with Gasteiger partial charge in [0.25, 0.3) is 5.91 Å². The van der Waals surface area contributed by atoms with Crippen LogP contribution in [0.3, 0.4) is 0 Å². The molecule has 3 amide bonds. The molecule has 0 spiro atoms. The molecule has 4 rings (SSSR count). The first-order valence-corrected chi connectivity index (χ1v) is 10.6. The van der Waals surface area contributed by atoms with Gasteiger partial charge in [0, 0.05) is 17.1 Å². The van der Waals surface area contributed by atoms with Crippen LogP contribution in [0.15, 0.2) is 47.4 Å². The lowest BCUT2D eigenvalue weighted by Crippen LogP contribution is -2.47. The van der Waals surface area contributed by atoms with Crippen molar-refractivity contribution in [2.24, 2.45) is 0 Å². The molecule has 0 unspecified atom stereocenters. The van der Waals surface area contributed by atoms with Crippen LogP contribution in [0.1, 0.15) is 23.2 Å². The molecule has 1 fully saturated rings. The number of anilines is 2. The van der Waals surface area contributed by atoms with E-state index < -0.39 is 17.8 Å². The Hall–Kier alpha value is -2.87. The van der Waals surface area contributed by atoms with Crippen LogP contribution in [0.2, 0.25) is 0 Å². The number of hydrogen-bond donors (Lipinski definition) is 1. The highest BCUT2D eigenvalue weighted by atomic mass is 32.2. The molecule has 2 aliphatic heterocycles. The van der Waals surface area contributed by atoms with Crippen LogP contribution in [0.4, 0.5) is 15.8 Å². The lowest BCUT2D eigenvalue weighted by atomic mass is 10.1. The third-order valence-corrected chi connectivity index (χ3v) is 5.96. The summed E-state index contributed by atoms with van der Waals surface area (Å²) in [5.74, 6) is -1.63. The standard InChI is InChI=1S/C21H20FN3O3S/c1-29-15-7-5-14(6-8-15)23-19(26)12-25-18-11-13(22)4-9-16(18)20(27)24-10-2-3-17(24)21(25)28/h4-9,11,17H,2-3,10,12H2,1H3,(H,23,26)/t17-/m1/s1. The highest BCUT2D eigenvalue weighted by molar-refractivity contribution is 7.98. The van der Waals surface area contributed by atoms with E-state index in [4.69, 9.17) is 0 Å². The average Bonchev–Trinajstić information content (AvgIpc) is 3.19. The molecule has 2 heterocycles. The molecule has 0 aromatic heterocycles. The first-order valence-electron chi connectivity index (χ1n) is 9.34. The fourth-order valence-corrected chi connectivity index (χ4v) is 4.22. The van der Waals surface area contributed by atoms with Gasteiger partial charge >= 0.3 is 0 Å². The summed E-state index contributed by atoms with van der Waals surface area (Å²) in [6.45, 7) is 0.186. The SMILES string of the molecule is CSc1ccc(NC(=O)CN2C(=O)[C@H]3CCCN3C(=O)c3ccc(F)cc32)cc1. The number of benzene rings is 2. The van der Waals surface area contributed by atoms with Gasteiger partial charge in [0.2, 0.25) is 11.8 Å². The maximum atomic E-state index is 13.9. The van der Waals surface area contributed by atoms with Crippen molar-refractivity contribution in [1.82, 2.24) is 4.90 Å². The van der Waals surface area contributed by atoms with Crippen molar-refractivity contribution < 1.29 is 18.8 Å². The van der Waals surface area contributed by atoms with E-state index in [0.29, 0.717) is 18.7 Å². The Bertz CT molecular complexity index is 980. The smallest absolute Gasteiger partial charge is 0.256 e. The highest BCUT2D eigenvalue weighted by Crippen LogP contribution is 2.33. The second-order valence-corrected chi connectivity index (χ2v) is 7.90. The Morgan fingerprint density at radius 1 is 1.21 bits per heavy atom. The van der Waals surface area contributed by atoms with Crippen LogP contribution in [0.5, 0.6) is 0 Å². The fraction of sp³-hybridized carbons (Fsp3) is 0.286. The molecule has 0 radical (unpaired) electrons. The molecule has 1 saturated heterocycles. The molecule has 29 heavy (non-hydrogen) atoms. The van der Waals surface area contributed by atoms with Crippen LogP contribution in [0, 0.1) is 5.82 Å². The molecule has 2 aromatic carbocycles. The van der Waals surface area contributed by atoms with E-state index in [0.717, 1.165) is 17.4 Å². The second-order valence-electron chi connectivity index (χ2n) is 7.02. The number of nitrogens with zero attached hydrogens (tertiary/aromatic N) is 2. The summed E-state index contributed by atoms with van der Waals surface area (Å²) >= 11 is 1.59. The molecule has 1 N–H and O–H groups in total. The first-order chi connectivity index (χ1) is 14.0. The number of carbonyl (C=O) groups excluding carboxylic acids is 3. The predicted molar refractivity (Wildman–Crippen MR) is 110 cm³/mol. The summed E-state index contributed by atoms with van der Waals surface area (Å²) in [6.07, 6.45) is 3.22. The van der Waals surface area contributed by atoms with Gasteiger partial charge < -0.3 is 15.1 Å². The maximum Gasteiger partial charge on any atom is 0.256 e. The number of nitrogens with one attached hydrogen (secondary N) is 1. The van der Waals surface area contributed by atoms with Crippen molar-refractivity contribution in [3.05, 3.63) is 53.8 Å². The Labute approximate surface area is 172 Å². The largest absolute Gasteiger partial charge is 0.327 e. The minimum atomic E-state index is -0.619. The van der Waals surface area contributed by atoms with Crippen LogP contribution in [-0.2, 0) is 9.59 Å². The fourth-order valence-electron chi connectivity index (χ4n) is 3.81. The monoisotopic (exact) mass is 413 g/mol. The zero-order valence-electron chi connectivity index (χ0n) is 15.9. The highest BCUT2D eigenvalue weighted by Gasteiger charge is 2.42. The Kier molecular flexibility index (Phi) is 5.27. The van der Waals surface area contributed by atoms with E-state index in [1.165, 1.54) is 21.9 Å². The molecular weight excluding hydrogens is 393 g/mol. The van der Waals surface area contributed by atoms with Crippen molar-refractivity contribution in [3.8, 4) is 0 Å². The van der Waals surface area contributed by atoms with Gasteiger partial charge in [0.05, 0.1) is 11.3 Å². The van der Waals surface area contributed by atoms with Gasteiger partial charge in [-0.25, -0.2) is 4.39 Å². The van der Waals surface area contributed by atoms with Gasteiger partial charge in [-0.3, -0.25) is 14.4 Å². The Morgan fingerprint density at radius 2 is 1.97 bits per heavy atom.